The molecule has 0 aliphatic rings. The molecule has 0 aliphatic carbocycles. The lowest BCUT2D eigenvalue weighted by molar-refractivity contribution is 0.0583. The third kappa shape index (κ3) is 4.71. The maximum Gasteiger partial charge on any atom is 0.330 e. The van der Waals surface area contributed by atoms with Crippen LogP contribution in [0, 0.1) is 5.82 Å². The Morgan fingerprint density at radius 2 is 1.66 bits per heavy atom. The molecule has 6 heteroatoms. The van der Waals surface area contributed by atoms with E-state index in [2.05, 4.69) is 4.98 Å². The Morgan fingerprint density at radius 1 is 1.00 bits per heavy atom. The maximum absolute atomic E-state index is 13.4. The molecule has 0 radical (unpaired) electrons. The molecule has 3 aromatic rings. The highest BCUT2D eigenvalue weighted by Crippen LogP contribution is 2.28. The highest BCUT2D eigenvalue weighted by molar-refractivity contribution is 5.34. The van der Waals surface area contributed by atoms with E-state index in [0.717, 1.165) is 11.1 Å². The first-order chi connectivity index (χ1) is 13.9. The van der Waals surface area contributed by atoms with Crippen molar-refractivity contribution in [3.8, 4) is 0 Å². The van der Waals surface area contributed by atoms with Crippen molar-refractivity contribution in [3.63, 3.8) is 0 Å². The van der Waals surface area contributed by atoms with Gasteiger partial charge in [0, 0.05) is 17.2 Å². The summed E-state index contributed by atoms with van der Waals surface area (Å²) >= 11 is 0. The molecule has 1 aromatic heterocycles. The number of aromatic nitrogens is 2. The molecular formula is C23H25FN2O3. The van der Waals surface area contributed by atoms with Crippen LogP contribution in [0.15, 0.2) is 64.2 Å². The summed E-state index contributed by atoms with van der Waals surface area (Å²) in [5.74, 6) is -0.722. The first kappa shape index (κ1) is 20.7. The number of nitrogens with zero attached hydrogens (tertiary/aromatic N) is 1. The Hall–Kier alpha value is -2.99. The first-order valence-electron chi connectivity index (χ1n) is 9.62. The second-order valence-corrected chi connectivity index (χ2v) is 7.38. The average Bonchev–Trinajstić information content (AvgIpc) is 2.69. The SMILES string of the molecule is CC(C)c1c(C(C)c2ccc(F)cc2)n(COCc2ccccc2)c(=O)[nH]c1=O. The number of ether oxygens (including phenoxy) is 1. The first-order valence-corrected chi connectivity index (χ1v) is 9.62. The minimum absolute atomic E-state index is 0.00506. The van der Waals surface area contributed by atoms with E-state index in [1.165, 1.54) is 16.7 Å². The summed E-state index contributed by atoms with van der Waals surface area (Å²) in [6, 6.07) is 15.7. The van der Waals surface area contributed by atoms with E-state index < -0.39 is 11.2 Å². The largest absolute Gasteiger partial charge is 0.356 e. The van der Waals surface area contributed by atoms with Crippen LogP contribution in [-0.2, 0) is 18.1 Å². The van der Waals surface area contributed by atoms with Crippen molar-refractivity contribution >= 4 is 0 Å². The number of H-pyrrole nitrogens is 1. The van der Waals surface area contributed by atoms with Gasteiger partial charge in [-0.1, -0.05) is 63.2 Å². The van der Waals surface area contributed by atoms with Gasteiger partial charge in [0.15, 0.2) is 0 Å². The van der Waals surface area contributed by atoms with Crippen LogP contribution in [0.1, 0.15) is 55.0 Å². The number of benzene rings is 2. The second-order valence-electron chi connectivity index (χ2n) is 7.38. The zero-order valence-corrected chi connectivity index (χ0v) is 16.8. The van der Waals surface area contributed by atoms with Crippen LogP contribution < -0.4 is 11.2 Å². The van der Waals surface area contributed by atoms with Gasteiger partial charge < -0.3 is 4.74 Å². The lowest BCUT2D eigenvalue weighted by Gasteiger charge is -2.23. The molecule has 1 unspecified atom stereocenters. The summed E-state index contributed by atoms with van der Waals surface area (Å²) in [5, 5.41) is 0. The number of hydrogen-bond acceptors (Lipinski definition) is 3. The quantitative estimate of drug-likeness (QED) is 0.653. The lowest BCUT2D eigenvalue weighted by atomic mass is 9.90. The van der Waals surface area contributed by atoms with Gasteiger partial charge in [0.1, 0.15) is 12.5 Å². The zero-order chi connectivity index (χ0) is 21.0. The summed E-state index contributed by atoms with van der Waals surface area (Å²) < 4.78 is 20.6. The molecule has 5 nitrogen and oxygen atoms in total. The Kier molecular flexibility index (Phi) is 6.44. The van der Waals surface area contributed by atoms with Gasteiger partial charge >= 0.3 is 5.69 Å². The van der Waals surface area contributed by atoms with E-state index >= 15 is 0 Å². The summed E-state index contributed by atoms with van der Waals surface area (Å²) in [7, 11) is 0. The summed E-state index contributed by atoms with van der Waals surface area (Å²) in [6.07, 6.45) is 0. The molecular weight excluding hydrogens is 371 g/mol. The number of halogens is 1. The summed E-state index contributed by atoms with van der Waals surface area (Å²) in [4.78, 5) is 27.6. The van der Waals surface area contributed by atoms with Crippen LogP contribution in [-0.4, -0.2) is 9.55 Å². The number of nitrogens with one attached hydrogen (secondary N) is 1. The van der Waals surface area contributed by atoms with Gasteiger partial charge in [-0.3, -0.25) is 14.3 Å². The van der Waals surface area contributed by atoms with Gasteiger partial charge in [-0.15, -0.1) is 0 Å². The maximum atomic E-state index is 13.4. The van der Waals surface area contributed by atoms with Crippen molar-refractivity contribution in [3.05, 3.63) is 104 Å². The highest BCUT2D eigenvalue weighted by Gasteiger charge is 2.23. The van der Waals surface area contributed by atoms with E-state index in [9.17, 15) is 14.0 Å². The lowest BCUT2D eigenvalue weighted by Crippen LogP contribution is -2.37. The molecule has 2 aromatic carbocycles. The van der Waals surface area contributed by atoms with Crippen LogP contribution in [0.4, 0.5) is 4.39 Å². The average molecular weight is 396 g/mol. The third-order valence-corrected chi connectivity index (χ3v) is 4.97. The summed E-state index contributed by atoms with van der Waals surface area (Å²) in [5.41, 5.74) is 2.01. The van der Waals surface area contributed by atoms with E-state index in [1.807, 2.05) is 51.1 Å². The summed E-state index contributed by atoms with van der Waals surface area (Å²) in [6.45, 7) is 6.07. The van der Waals surface area contributed by atoms with Crippen molar-refractivity contribution in [2.24, 2.45) is 0 Å². The van der Waals surface area contributed by atoms with Crippen molar-refractivity contribution in [2.75, 3.05) is 0 Å². The molecule has 1 heterocycles. The monoisotopic (exact) mass is 396 g/mol. The molecule has 1 atom stereocenters. The van der Waals surface area contributed by atoms with E-state index in [4.69, 9.17) is 4.74 Å². The van der Waals surface area contributed by atoms with Crippen molar-refractivity contribution in [1.29, 1.82) is 0 Å². The fourth-order valence-electron chi connectivity index (χ4n) is 3.49. The van der Waals surface area contributed by atoms with Gasteiger partial charge in [-0.25, -0.2) is 9.18 Å². The van der Waals surface area contributed by atoms with Crippen LogP contribution in [0.2, 0.25) is 0 Å². The fourth-order valence-corrected chi connectivity index (χ4v) is 3.49. The van der Waals surface area contributed by atoms with E-state index in [-0.39, 0.29) is 24.4 Å². The predicted molar refractivity (Wildman–Crippen MR) is 111 cm³/mol. The number of aromatic amines is 1. The molecule has 0 saturated carbocycles. The Balaban J connectivity index is 2.02. The Bertz CT molecular complexity index is 1070. The molecule has 0 spiro atoms. The molecule has 3 rings (SSSR count). The number of rotatable bonds is 7. The minimum atomic E-state index is -0.517. The molecule has 1 N–H and O–H groups in total. The zero-order valence-electron chi connectivity index (χ0n) is 16.8. The van der Waals surface area contributed by atoms with Gasteiger partial charge in [-0.05, 0) is 29.2 Å². The molecule has 0 amide bonds. The van der Waals surface area contributed by atoms with Crippen molar-refractivity contribution < 1.29 is 9.13 Å². The van der Waals surface area contributed by atoms with Gasteiger partial charge in [-0.2, -0.15) is 0 Å². The van der Waals surface area contributed by atoms with Gasteiger partial charge in [0.25, 0.3) is 5.56 Å². The van der Waals surface area contributed by atoms with E-state index in [0.29, 0.717) is 17.9 Å². The molecule has 0 bridgehead atoms. The Morgan fingerprint density at radius 3 is 2.28 bits per heavy atom. The van der Waals surface area contributed by atoms with Crippen LogP contribution in [0.3, 0.4) is 0 Å². The molecule has 0 aliphatic heterocycles. The molecule has 152 valence electrons. The van der Waals surface area contributed by atoms with Gasteiger partial charge in [0.2, 0.25) is 0 Å². The van der Waals surface area contributed by atoms with E-state index in [1.54, 1.807) is 12.1 Å². The van der Waals surface area contributed by atoms with Crippen molar-refractivity contribution in [2.45, 2.75) is 45.9 Å². The number of hydrogen-bond donors (Lipinski definition) is 1. The highest BCUT2D eigenvalue weighted by atomic mass is 19.1. The Labute approximate surface area is 168 Å². The normalized spacial score (nSPS) is 12.3. The van der Waals surface area contributed by atoms with Crippen LogP contribution in [0.5, 0.6) is 0 Å². The molecule has 29 heavy (non-hydrogen) atoms. The standard InChI is InChI=1S/C23H25FN2O3/c1-15(2)20-21(16(3)18-9-11-19(24)12-10-18)26(23(28)25-22(20)27)14-29-13-17-7-5-4-6-8-17/h4-12,15-16H,13-14H2,1-3H3,(H,25,27,28). The van der Waals surface area contributed by atoms with Gasteiger partial charge in [0.05, 0.1) is 6.61 Å². The van der Waals surface area contributed by atoms with Crippen LogP contribution >= 0.6 is 0 Å². The fraction of sp³-hybridized carbons (Fsp3) is 0.304. The van der Waals surface area contributed by atoms with Crippen LogP contribution in [0.25, 0.3) is 0 Å². The molecule has 0 fully saturated rings. The minimum Gasteiger partial charge on any atom is -0.356 e. The second kappa shape index (κ2) is 9.01. The third-order valence-electron chi connectivity index (χ3n) is 4.97. The molecule has 0 saturated heterocycles. The predicted octanol–water partition coefficient (Wildman–Crippen LogP) is 4.13. The smallest absolute Gasteiger partial charge is 0.330 e. The topological polar surface area (TPSA) is 64.1 Å². The van der Waals surface area contributed by atoms with Crippen molar-refractivity contribution in [1.82, 2.24) is 9.55 Å².